The molecule has 2 rings (SSSR count). The number of aryl methyl sites for hydroxylation is 1. The second kappa shape index (κ2) is 6.96. The highest BCUT2D eigenvalue weighted by Gasteiger charge is 2.07. The standard InChI is InChI=1S/C16H21N3/c1-3-13-19-15-10-6-5-9-14(15)18-16(19)11-7-8-12-17-4-2/h5-6,9-10,17H,3-4,11-13H2,1-2H3. The zero-order valence-electron chi connectivity index (χ0n) is 11.7. The molecule has 0 aliphatic heterocycles. The first kappa shape index (κ1) is 13.6. The molecule has 1 heterocycles. The van der Waals surface area contributed by atoms with Crippen molar-refractivity contribution in [3.63, 3.8) is 0 Å². The monoisotopic (exact) mass is 255 g/mol. The zero-order valence-corrected chi connectivity index (χ0v) is 11.7. The van der Waals surface area contributed by atoms with Crippen molar-refractivity contribution in [2.24, 2.45) is 0 Å². The van der Waals surface area contributed by atoms with Gasteiger partial charge in [0.1, 0.15) is 5.82 Å². The predicted octanol–water partition coefficient (Wildman–Crippen LogP) is 2.60. The summed E-state index contributed by atoms with van der Waals surface area (Å²) in [5.41, 5.74) is 2.28. The largest absolute Gasteiger partial charge is 0.327 e. The number of rotatable bonds is 5. The Kier molecular flexibility index (Phi) is 5.00. The van der Waals surface area contributed by atoms with Crippen LogP contribution < -0.4 is 5.32 Å². The van der Waals surface area contributed by atoms with Gasteiger partial charge in [0.2, 0.25) is 0 Å². The Morgan fingerprint density at radius 3 is 2.84 bits per heavy atom. The second-order valence-electron chi connectivity index (χ2n) is 4.48. The maximum atomic E-state index is 4.69. The van der Waals surface area contributed by atoms with Gasteiger partial charge in [0.25, 0.3) is 0 Å². The molecule has 0 fully saturated rings. The molecule has 1 aromatic heterocycles. The molecule has 1 N–H and O–H groups in total. The fourth-order valence-electron chi connectivity index (χ4n) is 2.13. The van der Waals surface area contributed by atoms with Gasteiger partial charge >= 0.3 is 0 Å². The van der Waals surface area contributed by atoms with Crippen LogP contribution in [0.3, 0.4) is 0 Å². The quantitative estimate of drug-likeness (QED) is 0.657. The van der Waals surface area contributed by atoms with E-state index in [0.717, 1.165) is 43.8 Å². The number of fused-ring (bicyclic) bond motifs is 1. The Bertz CT molecular complexity index is 587. The van der Waals surface area contributed by atoms with Crippen LogP contribution in [0.15, 0.2) is 24.3 Å². The van der Waals surface area contributed by atoms with E-state index in [1.165, 1.54) is 5.52 Å². The van der Waals surface area contributed by atoms with E-state index in [1.54, 1.807) is 0 Å². The van der Waals surface area contributed by atoms with Crippen molar-refractivity contribution in [2.75, 3.05) is 13.1 Å². The van der Waals surface area contributed by atoms with E-state index >= 15 is 0 Å². The molecule has 100 valence electrons. The molecule has 0 saturated heterocycles. The fourth-order valence-corrected chi connectivity index (χ4v) is 2.13. The van der Waals surface area contributed by atoms with Crippen molar-refractivity contribution in [3.8, 4) is 11.8 Å². The van der Waals surface area contributed by atoms with E-state index in [9.17, 15) is 0 Å². The Morgan fingerprint density at radius 1 is 1.21 bits per heavy atom. The molecule has 0 aliphatic rings. The molecule has 0 bridgehead atoms. The minimum Gasteiger partial charge on any atom is -0.327 e. The highest BCUT2D eigenvalue weighted by atomic mass is 15.1. The van der Waals surface area contributed by atoms with Crippen molar-refractivity contribution >= 4 is 11.0 Å². The normalized spacial score (nSPS) is 10.4. The Balaban J connectivity index is 2.20. The van der Waals surface area contributed by atoms with E-state index in [-0.39, 0.29) is 0 Å². The first-order valence-electron chi connectivity index (χ1n) is 6.97. The summed E-state index contributed by atoms with van der Waals surface area (Å²) in [7, 11) is 0. The third kappa shape index (κ3) is 3.36. The summed E-state index contributed by atoms with van der Waals surface area (Å²) in [6.45, 7) is 7.00. The van der Waals surface area contributed by atoms with Gasteiger partial charge in [0, 0.05) is 6.54 Å². The number of para-hydroxylation sites is 2. The number of benzene rings is 1. The third-order valence-corrected chi connectivity index (χ3v) is 3.02. The van der Waals surface area contributed by atoms with Gasteiger partial charge in [0.05, 0.1) is 24.0 Å². The molecule has 0 spiro atoms. The number of aromatic nitrogens is 2. The van der Waals surface area contributed by atoms with Gasteiger partial charge < -0.3 is 9.88 Å². The lowest BCUT2D eigenvalue weighted by atomic mass is 10.3. The summed E-state index contributed by atoms with van der Waals surface area (Å²) in [6.07, 6.45) is 1.83. The van der Waals surface area contributed by atoms with Gasteiger partial charge in [-0.15, -0.1) is 0 Å². The Hall–Kier alpha value is -1.79. The molecule has 19 heavy (non-hydrogen) atoms. The molecule has 0 unspecified atom stereocenters. The van der Waals surface area contributed by atoms with Crippen LogP contribution in [0, 0.1) is 11.8 Å². The molecular weight excluding hydrogens is 234 g/mol. The van der Waals surface area contributed by atoms with Crippen LogP contribution in [0.1, 0.15) is 26.1 Å². The van der Waals surface area contributed by atoms with Crippen LogP contribution in [0.25, 0.3) is 11.0 Å². The molecule has 2 aromatic rings. The average molecular weight is 255 g/mol. The first-order chi connectivity index (χ1) is 9.36. The first-order valence-corrected chi connectivity index (χ1v) is 6.97. The van der Waals surface area contributed by atoms with Crippen molar-refractivity contribution < 1.29 is 0 Å². The number of nitrogens with zero attached hydrogens (tertiary/aromatic N) is 2. The van der Waals surface area contributed by atoms with Gasteiger partial charge in [-0.1, -0.05) is 37.8 Å². The summed E-state index contributed by atoms with van der Waals surface area (Å²) in [6, 6.07) is 8.30. The highest BCUT2D eigenvalue weighted by molar-refractivity contribution is 5.75. The van der Waals surface area contributed by atoms with Crippen molar-refractivity contribution in [2.45, 2.75) is 33.2 Å². The number of hydrogen-bond donors (Lipinski definition) is 1. The molecular formula is C16H21N3. The highest BCUT2D eigenvalue weighted by Crippen LogP contribution is 2.16. The second-order valence-corrected chi connectivity index (χ2v) is 4.48. The van der Waals surface area contributed by atoms with Crippen LogP contribution in [0.4, 0.5) is 0 Å². The molecule has 0 saturated carbocycles. The van der Waals surface area contributed by atoms with Gasteiger partial charge in [0.15, 0.2) is 0 Å². The molecule has 0 radical (unpaired) electrons. The molecule has 0 amide bonds. The zero-order chi connectivity index (χ0) is 13.5. The van der Waals surface area contributed by atoms with Gasteiger partial charge in [-0.2, -0.15) is 0 Å². The van der Waals surface area contributed by atoms with E-state index in [4.69, 9.17) is 0 Å². The summed E-state index contributed by atoms with van der Waals surface area (Å²) in [5, 5.41) is 3.20. The van der Waals surface area contributed by atoms with E-state index < -0.39 is 0 Å². The van der Waals surface area contributed by atoms with Gasteiger partial charge in [-0.25, -0.2) is 4.98 Å². The Labute approximate surface area is 115 Å². The molecule has 1 aromatic carbocycles. The van der Waals surface area contributed by atoms with Crippen LogP contribution in [-0.2, 0) is 13.0 Å². The summed E-state index contributed by atoms with van der Waals surface area (Å²) in [4.78, 5) is 4.69. The number of hydrogen-bond acceptors (Lipinski definition) is 2. The van der Waals surface area contributed by atoms with Gasteiger partial charge in [-0.3, -0.25) is 0 Å². The topological polar surface area (TPSA) is 29.9 Å². The van der Waals surface area contributed by atoms with Crippen LogP contribution >= 0.6 is 0 Å². The summed E-state index contributed by atoms with van der Waals surface area (Å²) >= 11 is 0. The minimum atomic E-state index is 0.722. The van der Waals surface area contributed by atoms with Crippen LogP contribution in [-0.4, -0.2) is 22.6 Å². The summed E-state index contributed by atoms with van der Waals surface area (Å²) < 4.78 is 2.29. The third-order valence-electron chi connectivity index (χ3n) is 3.02. The number of imidazole rings is 1. The smallest absolute Gasteiger partial charge is 0.121 e. The van der Waals surface area contributed by atoms with E-state index in [0.29, 0.717) is 0 Å². The lowest BCUT2D eigenvalue weighted by Crippen LogP contribution is -2.12. The van der Waals surface area contributed by atoms with Crippen LogP contribution in [0.2, 0.25) is 0 Å². The predicted molar refractivity (Wildman–Crippen MR) is 80.0 cm³/mol. The maximum absolute atomic E-state index is 4.69. The van der Waals surface area contributed by atoms with Crippen molar-refractivity contribution in [1.82, 2.24) is 14.9 Å². The van der Waals surface area contributed by atoms with Crippen molar-refractivity contribution in [1.29, 1.82) is 0 Å². The molecule has 3 nitrogen and oxygen atoms in total. The average Bonchev–Trinajstić information content (AvgIpc) is 2.78. The van der Waals surface area contributed by atoms with E-state index in [2.05, 4.69) is 58.8 Å². The molecule has 0 aliphatic carbocycles. The van der Waals surface area contributed by atoms with Crippen LogP contribution in [0.5, 0.6) is 0 Å². The number of nitrogens with one attached hydrogen (secondary N) is 1. The lowest BCUT2D eigenvalue weighted by molar-refractivity contribution is 0.668. The Morgan fingerprint density at radius 2 is 2.05 bits per heavy atom. The maximum Gasteiger partial charge on any atom is 0.121 e. The van der Waals surface area contributed by atoms with Gasteiger partial charge in [-0.05, 0) is 25.1 Å². The molecule has 3 heteroatoms. The lowest BCUT2D eigenvalue weighted by Gasteiger charge is -2.05. The minimum absolute atomic E-state index is 0.722. The fraction of sp³-hybridized carbons (Fsp3) is 0.438. The summed E-state index contributed by atoms with van der Waals surface area (Å²) in [5.74, 6) is 7.41. The van der Waals surface area contributed by atoms with E-state index in [1.807, 2.05) is 6.07 Å². The van der Waals surface area contributed by atoms with Crippen molar-refractivity contribution in [3.05, 3.63) is 30.1 Å². The molecule has 0 atom stereocenters. The SMILES string of the molecule is CCCn1c(CC#CCNCC)nc2ccccc21.